The van der Waals surface area contributed by atoms with Crippen LogP contribution in [0.25, 0.3) is 0 Å². The summed E-state index contributed by atoms with van der Waals surface area (Å²) in [6.07, 6.45) is 4.10. The number of rotatable bonds is 4. The topological polar surface area (TPSA) is 54.9 Å². The van der Waals surface area contributed by atoms with Gasteiger partial charge in [0, 0.05) is 6.20 Å². The van der Waals surface area contributed by atoms with Crippen molar-refractivity contribution in [1.82, 2.24) is 15.3 Å². The summed E-state index contributed by atoms with van der Waals surface area (Å²) in [5.74, 6) is -0.204. The zero-order valence-electron chi connectivity index (χ0n) is 12.1. The number of nitrogens with zero attached hydrogens (tertiary/aromatic N) is 2. The first-order valence-corrected chi connectivity index (χ1v) is 6.78. The molecular formula is C16H19N3O. The van der Waals surface area contributed by atoms with Crippen molar-refractivity contribution in [2.24, 2.45) is 0 Å². The second kappa shape index (κ2) is 6.28. The first-order valence-electron chi connectivity index (χ1n) is 6.78. The van der Waals surface area contributed by atoms with Gasteiger partial charge in [0.15, 0.2) is 0 Å². The van der Waals surface area contributed by atoms with Gasteiger partial charge in [0.1, 0.15) is 5.69 Å². The fourth-order valence-electron chi connectivity index (χ4n) is 1.91. The monoisotopic (exact) mass is 269 g/mol. The normalized spacial score (nSPS) is 11.9. The quantitative estimate of drug-likeness (QED) is 0.928. The molecule has 0 aliphatic rings. The predicted molar refractivity (Wildman–Crippen MR) is 78.5 cm³/mol. The van der Waals surface area contributed by atoms with E-state index in [4.69, 9.17) is 0 Å². The van der Waals surface area contributed by atoms with Gasteiger partial charge >= 0.3 is 0 Å². The van der Waals surface area contributed by atoms with Crippen molar-refractivity contribution in [1.29, 1.82) is 0 Å². The van der Waals surface area contributed by atoms with Gasteiger partial charge < -0.3 is 5.32 Å². The zero-order valence-corrected chi connectivity index (χ0v) is 12.1. The molecule has 104 valence electrons. The Bertz CT molecular complexity index is 576. The highest BCUT2D eigenvalue weighted by Crippen LogP contribution is 2.14. The number of amides is 1. The summed E-state index contributed by atoms with van der Waals surface area (Å²) in [5, 5.41) is 2.93. The Morgan fingerprint density at radius 1 is 1.20 bits per heavy atom. The minimum Gasteiger partial charge on any atom is -0.344 e. The van der Waals surface area contributed by atoms with Crippen molar-refractivity contribution >= 4 is 5.91 Å². The first kappa shape index (κ1) is 14.2. The molecule has 1 aromatic carbocycles. The molecule has 0 aliphatic carbocycles. The average molecular weight is 269 g/mol. The van der Waals surface area contributed by atoms with Gasteiger partial charge in [0.2, 0.25) is 0 Å². The van der Waals surface area contributed by atoms with Crippen LogP contribution in [-0.4, -0.2) is 15.9 Å². The molecule has 0 saturated heterocycles. The van der Waals surface area contributed by atoms with Crippen LogP contribution in [0.15, 0.2) is 36.7 Å². The molecule has 1 atom stereocenters. The van der Waals surface area contributed by atoms with Gasteiger partial charge in [-0.05, 0) is 31.4 Å². The highest BCUT2D eigenvalue weighted by molar-refractivity contribution is 5.92. The van der Waals surface area contributed by atoms with Crippen molar-refractivity contribution in [3.8, 4) is 0 Å². The minimum atomic E-state index is -0.204. The number of carbonyl (C=O) groups excluding carboxylic acids is 1. The largest absolute Gasteiger partial charge is 0.344 e. The Morgan fingerprint density at radius 3 is 2.45 bits per heavy atom. The number of aryl methyl sites for hydroxylation is 2. The molecule has 0 fully saturated rings. The summed E-state index contributed by atoms with van der Waals surface area (Å²) in [4.78, 5) is 20.2. The van der Waals surface area contributed by atoms with Gasteiger partial charge in [0.05, 0.1) is 17.9 Å². The van der Waals surface area contributed by atoms with E-state index in [0.29, 0.717) is 5.69 Å². The Hall–Kier alpha value is -2.23. The van der Waals surface area contributed by atoms with Gasteiger partial charge in [-0.1, -0.05) is 31.2 Å². The van der Waals surface area contributed by atoms with Crippen LogP contribution in [0.4, 0.5) is 0 Å². The van der Waals surface area contributed by atoms with Gasteiger partial charge in [0.25, 0.3) is 5.91 Å². The third kappa shape index (κ3) is 3.41. The highest BCUT2D eigenvalue weighted by atomic mass is 16.1. The predicted octanol–water partition coefficient (Wildman–Crippen LogP) is 2.84. The molecule has 1 unspecified atom stereocenters. The fraction of sp³-hybridized carbons (Fsp3) is 0.312. The molecule has 4 nitrogen and oxygen atoms in total. The zero-order chi connectivity index (χ0) is 14.5. The van der Waals surface area contributed by atoms with Gasteiger partial charge in [-0.25, -0.2) is 4.98 Å². The number of carbonyl (C=O) groups is 1. The maximum absolute atomic E-state index is 12.0. The molecule has 0 bridgehead atoms. The molecule has 1 aromatic heterocycles. The molecule has 0 saturated carbocycles. The smallest absolute Gasteiger partial charge is 0.271 e. The van der Waals surface area contributed by atoms with E-state index >= 15 is 0 Å². The van der Waals surface area contributed by atoms with Crippen molar-refractivity contribution in [3.05, 3.63) is 59.2 Å². The Labute approximate surface area is 119 Å². The lowest BCUT2D eigenvalue weighted by molar-refractivity contribution is 0.0934. The average Bonchev–Trinajstić information content (AvgIpc) is 2.48. The standard InChI is InChI=1S/C16H19N3O/c1-4-13-5-7-14(8-6-13)12(3)19-16(20)15-10-17-11(2)9-18-15/h5-10,12H,4H2,1-3H3,(H,19,20). The molecule has 1 heterocycles. The summed E-state index contributed by atoms with van der Waals surface area (Å²) < 4.78 is 0. The summed E-state index contributed by atoms with van der Waals surface area (Å²) in [6.45, 7) is 5.92. The minimum absolute atomic E-state index is 0.0588. The van der Waals surface area contributed by atoms with Crippen molar-refractivity contribution in [3.63, 3.8) is 0 Å². The SMILES string of the molecule is CCc1ccc(C(C)NC(=O)c2cnc(C)cn2)cc1. The van der Waals surface area contributed by atoms with Gasteiger partial charge in [-0.2, -0.15) is 0 Å². The molecule has 20 heavy (non-hydrogen) atoms. The first-order chi connectivity index (χ1) is 9.60. The van der Waals surface area contributed by atoms with E-state index in [0.717, 1.165) is 17.7 Å². The maximum Gasteiger partial charge on any atom is 0.271 e. The van der Waals surface area contributed by atoms with Crippen molar-refractivity contribution in [2.75, 3.05) is 0 Å². The van der Waals surface area contributed by atoms with Crippen LogP contribution in [-0.2, 0) is 6.42 Å². The third-order valence-electron chi connectivity index (χ3n) is 3.25. The van der Waals surface area contributed by atoms with E-state index in [9.17, 15) is 4.79 Å². The molecule has 0 spiro atoms. The lowest BCUT2D eigenvalue weighted by Crippen LogP contribution is -2.27. The van der Waals surface area contributed by atoms with Crippen LogP contribution < -0.4 is 5.32 Å². The lowest BCUT2D eigenvalue weighted by atomic mass is 10.0. The molecule has 0 radical (unpaired) electrons. The molecule has 1 N–H and O–H groups in total. The van der Waals surface area contributed by atoms with Crippen LogP contribution in [0, 0.1) is 6.92 Å². The third-order valence-corrected chi connectivity index (χ3v) is 3.25. The summed E-state index contributed by atoms with van der Waals surface area (Å²) >= 11 is 0. The maximum atomic E-state index is 12.0. The Kier molecular flexibility index (Phi) is 4.45. The fourth-order valence-corrected chi connectivity index (χ4v) is 1.91. The van der Waals surface area contributed by atoms with E-state index in [1.807, 2.05) is 26.0 Å². The number of benzene rings is 1. The van der Waals surface area contributed by atoms with E-state index in [1.54, 1.807) is 6.20 Å². The molecule has 1 amide bonds. The molecule has 0 aliphatic heterocycles. The molecule has 4 heteroatoms. The van der Waals surface area contributed by atoms with Crippen LogP contribution in [0.1, 0.15) is 47.2 Å². The highest BCUT2D eigenvalue weighted by Gasteiger charge is 2.12. The van der Waals surface area contributed by atoms with Crippen molar-refractivity contribution < 1.29 is 4.79 Å². The van der Waals surface area contributed by atoms with E-state index in [1.165, 1.54) is 11.8 Å². The van der Waals surface area contributed by atoms with Gasteiger partial charge in [-0.15, -0.1) is 0 Å². The second-order valence-electron chi connectivity index (χ2n) is 4.83. The number of hydrogen-bond acceptors (Lipinski definition) is 3. The van der Waals surface area contributed by atoms with Crippen LogP contribution >= 0.6 is 0 Å². The van der Waals surface area contributed by atoms with Crippen LogP contribution in [0.3, 0.4) is 0 Å². The molecular weight excluding hydrogens is 250 g/mol. The van der Waals surface area contributed by atoms with Crippen LogP contribution in [0.2, 0.25) is 0 Å². The molecule has 2 rings (SSSR count). The number of nitrogens with one attached hydrogen (secondary N) is 1. The number of hydrogen-bond donors (Lipinski definition) is 1. The summed E-state index contributed by atoms with van der Waals surface area (Å²) in [6, 6.07) is 8.21. The second-order valence-corrected chi connectivity index (χ2v) is 4.83. The summed E-state index contributed by atoms with van der Waals surface area (Å²) in [7, 11) is 0. The van der Waals surface area contributed by atoms with Crippen LogP contribution in [0.5, 0.6) is 0 Å². The summed E-state index contributed by atoms with van der Waals surface area (Å²) in [5.41, 5.74) is 3.50. The Balaban J connectivity index is 2.04. The van der Waals surface area contributed by atoms with Crippen molar-refractivity contribution in [2.45, 2.75) is 33.2 Å². The molecule has 2 aromatic rings. The van der Waals surface area contributed by atoms with E-state index < -0.39 is 0 Å². The number of aromatic nitrogens is 2. The van der Waals surface area contributed by atoms with Gasteiger partial charge in [-0.3, -0.25) is 9.78 Å². The van der Waals surface area contributed by atoms with E-state index in [-0.39, 0.29) is 11.9 Å². The lowest BCUT2D eigenvalue weighted by Gasteiger charge is -2.14. The Morgan fingerprint density at radius 2 is 1.90 bits per heavy atom. The van der Waals surface area contributed by atoms with E-state index in [2.05, 4.69) is 34.3 Å².